The van der Waals surface area contributed by atoms with Crippen molar-refractivity contribution in [3.8, 4) is 0 Å². The zero-order valence-electron chi connectivity index (χ0n) is 11.1. The molecule has 3 rings (SSSR count). The Morgan fingerprint density at radius 1 is 0.950 bits per heavy atom. The minimum absolute atomic E-state index is 0.0891. The van der Waals surface area contributed by atoms with Gasteiger partial charge in [-0.1, -0.05) is 36.4 Å². The molecule has 0 bridgehead atoms. The van der Waals surface area contributed by atoms with Gasteiger partial charge in [-0.2, -0.15) is 11.8 Å². The van der Waals surface area contributed by atoms with Crippen LogP contribution in [0.5, 0.6) is 0 Å². The van der Waals surface area contributed by atoms with Gasteiger partial charge in [-0.3, -0.25) is 4.57 Å². The number of rotatable bonds is 4. The summed E-state index contributed by atoms with van der Waals surface area (Å²) in [4.78, 5) is 0. The van der Waals surface area contributed by atoms with Gasteiger partial charge in [0.15, 0.2) is 0 Å². The maximum Gasteiger partial charge on any atom is 0.261 e. The summed E-state index contributed by atoms with van der Waals surface area (Å²) in [6.07, 6.45) is 1.07. The molecule has 1 unspecified atom stereocenters. The third-order valence-electron chi connectivity index (χ3n) is 3.38. The molecule has 0 N–H and O–H groups in total. The first-order valence-electron chi connectivity index (χ1n) is 6.76. The maximum absolute atomic E-state index is 13.5. The molecule has 0 spiro atoms. The normalized spacial score (nSPS) is 19.1. The second kappa shape index (κ2) is 6.17. The van der Waals surface area contributed by atoms with Crippen molar-refractivity contribution in [2.24, 2.45) is 0 Å². The largest absolute Gasteiger partial charge is 0.318 e. The van der Waals surface area contributed by atoms with Crippen molar-refractivity contribution in [2.45, 2.75) is 12.5 Å². The SMILES string of the molecule is O=P(OC1CCSC1)(c1ccccc1)c1ccccc1. The highest BCUT2D eigenvalue weighted by Gasteiger charge is 2.33. The summed E-state index contributed by atoms with van der Waals surface area (Å²) < 4.78 is 19.6. The van der Waals surface area contributed by atoms with Crippen molar-refractivity contribution in [2.75, 3.05) is 11.5 Å². The topological polar surface area (TPSA) is 26.3 Å². The Hall–Kier alpha value is -1.02. The lowest BCUT2D eigenvalue weighted by atomic mass is 10.3. The smallest absolute Gasteiger partial charge is 0.261 e. The highest BCUT2D eigenvalue weighted by Crippen LogP contribution is 2.47. The van der Waals surface area contributed by atoms with Gasteiger partial charge in [0.25, 0.3) is 7.37 Å². The summed E-state index contributed by atoms with van der Waals surface area (Å²) in [6.45, 7) is 0. The van der Waals surface area contributed by atoms with Crippen LogP contribution in [0.4, 0.5) is 0 Å². The lowest BCUT2D eigenvalue weighted by molar-refractivity contribution is 0.241. The molecule has 104 valence electrons. The molecule has 4 heteroatoms. The average Bonchev–Trinajstić information content (AvgIpc) is 3.02. The predicted octanol–water partition coefficient (Wildman–Crippen LogP) is 3.44. The van der Waals surface area contributed by atoms with E-state index in [-0.39, 0.29) is 6.10 Å². The first kappa shape index (κ1) is 13.9. The summed E-state index contributed by atoms with van der Waals surface area (Å²) in [5, 5.41) is 1.56. The van der Waals surface area contributed by atoms with E-state index in [9.17, 15) is 4.57 Å². The van der Waals surface area contributed by atoms with Crippen molar-refractivity contribution in [1.82, 2.24) is 0 Å². The Morgan fingerprint density at radius 3 is 1.95 bits per heavy atom. The molecular weight excluding hydrogens is 287 g/mol. The highest BCUT2D eigenvalue weighted by atomic mass is 32.2. The van der Waals surface area contributed by atoms with E-state index in [2.05, 4.69) is 0 Å². The van der Waals surface area contributed by atoms with Gasteiger partial charge in [-0.05, 0) is 36.4 Å². The summed E-state index contributed by atoms with van der Waals surface area (Å²) in [5.41, 5.74) is 0. The van der Waals surface area contributed by atoms with Crippen LogP contribution < -0.4 is 10.6 Å². The molecule has 2 aromatic carbocycles. The third kappa shape index (κ3) is 2.85. The molecule has 0 aromatic heterocycles. The molecule has 0 aliphatic carbocycles. The molecule has 1 aliphatic rings. The molecule has 1 heterocycles. The van der Waals surface area contributed by atoms with Crippen molar-refractivity contribution in [1.29, 1.82) is 0 Å². The van der Waals surface area contributed by atoms with Crippen LogP contribution in [0, 0.1) is 0 Å². The maximum atomic E-state index is 13.5. The van der Waals surface area contributed by atoms with Crippen molar-refractivity contribution >= 4 is 29.7 Å². The summed E-state index contributed by atoms with van der Waals surface area (Å²) in [7, 11) is -2.99. The molecule has 2 nitrogen and oxygen atoms in total. The Morgan fingerprint density at radius 2 is 1.50 bits per heavy atom. The van der Waals surface area contributed by atoms with Gasteiger partial charge in [0.05, 0.1) is 6.10 Å². The second-order valence-electron chi connectivity index (χ2n) is 4.81. The van der Waals surface area contributed by atoms with Crippen molar-refractivity contribution < 1.29 is 9.09 Å². The van der Waals surface area contributed by atoms with Crippen LogP contribution in [0.25, 0.3) is 0 Å². The van der Waals surface area contributed by atoms with Gasteiger partial charge in [0.2, 0.25) is 0 Å². The van der Waals surface area contributed by atoms with Crippen LogP contribution in [0.1, 0.15) is 6.42 Å². The van der Waals surface area contributed by atoms with Crippen LogP contribution in [0.15, 0.2) is 60.7 Å². The Balaban J connectivity index is 2.00. The first-order valence-corrected chi connectivity index (χ1v) is 9.54. The van der Waals surface area contributed by atoms with E-state index in [4.69, 9.17) is 4.52 Å². The minimum atomic E-state index is -2.99. The Kier molecular flexibility index (Phi) is 4.30. The molecule has 1 saturated heterocycles. The fourth-order valence-electron chi connectivity index (χ4n) is 2.33. The number of thioether (sulfide) groups is 1. The molecule has 20 heavy (non-hydrogen) atoms. The molecule has 2 aromatic rings. The third-order valence-corrected chi connectivity index (χ3v) is 7.06. The van der Waals surface area contributed by atoms with Crippen molar-refractivity contribution in [3.05, 3.63) is 60.7 Å². The van der Waals surface area contributed by atoms with Gasteiger partial charge in [0.1, 0.15) is 0 Å². The molecule has 1 atom stereocenters. The lowest BCUT2D eigenvalue weighted by Gasteiger charge is -2.22. The Labute approximate surface area is 124 Å². The van der Waals surface area contributed by atoms with E-state index < -0.39 is 7.37 Å². The van der Waals surface area contributed by atoms with Gasteiger partial charge in [-0.25, -0.2) is 0 Å². The van der Waals surface area contributed by atoms with E-state index >= 15 is 0 Å². The average molecular weight is 304 g/mol. The fourth-order valence-corrected chi connectivity index (χ4v) is 5.79. The monoisotopic (exact) mass is 304 g/mol. The van der Waals surface area contributed by atoms with Crippen LogP contribution in [0.3, 0.4) is 0 Å². The second-order valence-corrected chi connectivity index (χ2v) is 8.31. The molecule has 0 radical (unpaired) electrons. The summed E-state index contributed by atoms with van der Waals surface area (Å²) in [6, 6.07) is 19.1. The molecule has 0 saturated carbocycles. The van der Waals surface area contributed by atoms with E-state index in [0.29, 0.717) is 0 Å². The number of hydrogen-bond acceptors (Lipinski definition) is 3. The zero-order chi connectivity index (χ0) is 13.8. The molecule has 1 aliphatic heterocycles. The fraction of sp³-hybridized carbons (Fsp3) is 0.250. The van der Waals surface area contributed by atoms with Crippen LogP contribution in [-0.4, -0.2) is 17.6 Å². The Bertz CT molecular complexity index is 551. The van der Waals surface area contributed by atoms with Crippen LogP contribution in [0.2, 0.25) is 0 Å². The van der Waals surface area contributed by atoms with Crippen LogP contribution >= 0.6 is 19.1 Å². The first-order chi connectivity index (χ1) is 9.79. The lowest BCUT2D eigenvalue weighted by Crippen LogP contribution is -2.22. The number of hydrogen-bond donors (Lipinski definition) is 0. The molecular formula is C16H17O2PS. The van der Waals surface area contributed by atoms with E-state index in [1.54, 1.807) is 0 Å². The summed E-state index contributed by atoms with van der Waals surface area (Å²) >= 11 is 1.87. The molecule has 1 fully saturated rings. The standard InChI is InChI=1S/C16H17O2PS/c17-19(15-7-3-1-4-8-15,16-9-5-2-6-10-16)18-14-11-12-20-13-14/h1-10,14H,11-13H2. The minimum Gasteiger partial charge on any atom is -0.318 e. The quantitative estimate of drug-likeness (QED) is 0.810. The van der Waals surface area contributed by atoms with E-state index in [0.717, 1.165) is 28.5 Å². The van der Waals surface area contributed by atoms with Crippen molar-refractivity contribution in [3.63, 3.8) is 0 Å². The van der Waals surface area contributed by atoms with E-state index in [1.807, 2.05) is 72.4 Å². The number of benzene rings is 2. The summed E-state index contributed by atoms with van der Waals surface area (Å²) in [5.74, 6) is 2.03. The molecule has 0 amide bonds. The highest BCUT2D eigenvalue weighted by molar-refractivity contribution is 7.99. The van der Waals surface area contributed by atoms with Gasteiger partial charge in [-0.15, -0.1) is 0 Å². The predicted molar refractivity (Wildman–Crippen MR) is 86.6 cm³/mol. The van der Waals surface area contributed by atoms with Crippen LogP contribution in [-0.2, 0) is 9.09 Å². The van der Waals surface area contributed by atoms with Gasteiger partial charge >= 0.3 is 0 Å². The van der Waals surface area contributed by atoms with Gasteiger partial charge in [0, 0.05) is 16.4 Å². The van der Waals surface area contributed by atoms with E-state index in [1.165, 1.54) is 0 Å². The van der Waals surface area contributed by atoms with Gasteiger partial charge < -0.3 is 4.52 Å². The zero-order valence-corrected chi connectivity index (χ0v) is 12.9.